The van der Waals surface area contributed by atoms with Gasteiger partial charge < -0.3 is 9.47 Å². The van der Waals surface area contributed by atoms with Gasteiger partial charge in [-0.25, -0.2) is 0 Å². The summed E-state index contributed by atoms with van der Waals surface area (Å²) in [5, 5.41) is 0. The van der Waals surface area contributed by atoms with E-state index in [1.807, 2.05) is 19.9 Å². The summed E-state index contributed by atoms with van der Waals surface area (Å²) in [4.78, 5) is 1.24. The van der Waals surface area contributed by atoms with Crippen molar-refractivity contribution in [3.8, 4) is 0 Å². The van der Waals surface area contributed by atoms with Gasteiger partial charge in [0, 0.05) is 4.88 Å². The van der Waals surface area contributed by atoms with Crippen LogP contribution in [0.3, 0.4) is 0 Å². The van der Waals surface area contributed by atoms with Crippen molar-refractivity contribution in [2.75, 3.05) is 13.2 Å². The highest BCUT2D eigenvalue weighted by atomic mass is 79.9. The lowest BCUT2D eigenvalue weighted by molar-refractivity contribution is 0.0149. The molecule has 0 aliphatic rings. The largest absolute Gasteiger partial charge is 0.376 e. The first-order chi connectivity index (χ1) is 6.68. The van der Waals surface area contributed by atoms with Gasteiger partial charge in [-0.1, -0.05) is 0 Å². The predicted octanol–water partition coefficient (Wildman–Crippen LogP) is 3.45. The molecule has 0 aromatic carbocycles. The molecular formula is C10H15BrO2S. The van der Waals surface area contributed by atoms with Crippen molar-refractivity contribution in [3.05, 3.63) is 20.8 Å². The van der Waals surface area contributed by atoms with E-state index in [0.717, 1.165) is 3.79 Å². The van der Waals surface area contributed by atoms with Crippen LogP contribution in [0.1, 0.15) is 18.7 Å². The van der Waals surface area contributed by atoms with Crippen LogP contribution in [0.25, 0.3) is 0 Å². The van der Waals surface area contributed by atoms with E-state index in [-0.39, 0.29) is 6.10 Å². The molecule has 0 spiro atoms. The summed E-state index contributed by atoms with van der Waals surface area (Å²) in [6.45, 7) is 6.06. The van der Waals surface area contributed by atoms with Crippen molar-refractivity contribution in [1.29, 1.82) is 0 Å². The summed E-state index contributed by atoms with van der Waals surface area (Å²) in [5.74, 6) is 0. The molecule has 2 nitrogen and oxygen atoms in total. The summed E-state index contributed by atoms with van der Waals surface area (Å²) in [6.07, 6.45) is 0.287. The third-order valence-electron chi connectivity index (χ3n) is 1.55. The fourth-order valence-corrected chi connectivity index (χ4v) is 2.37. The van der Waals surface area contributed by atoms with Crippen LogP contribution in [0, 0.1) is 0 Å². The van der Waals surface area contributed by atoms with Crippen LogP contribution >= 0.6 is 27.3 Å². The minimum atomic E-state index is 0.287. The fraction of sp³-hybridized carbons (Fsp3) is 0.600. The van der Waals surface area contributed by atoms with Gasteiger partial charge in [-0.05, 0) is 41.9 Å². The third kappa shape index (κ3) is 5.10. The Hall–Kier alpha value is 0.1000. The van der Waals surface area contributed by atoms with Crippen molar-refractivity contribution in [3.63, 3.8) is 0 Å². The molecule has 0 unspecified atom stereocenters. The maximum absolute atomic E-state index is 5.45. The van der Waals surface area contributed by atoms with Crippen molar-refractivity contribution >= 4 is 27.3 Å². The number of ether oxygens (including phenoxy) is 2. The lowest BCUT2D eigenvalue weighted by Crippen LogP contribution is -2.09. The van der Waals surface area contributed by atoms with Gasteiger partial charge in [0.25, 0.3) is 0 Å². The maximum atomic E-state index is 5.45. The molecule has 0 radical (unpaired) electrons. The fourth-order valence-electron chi connectivity index (χ4n) is 0.945. The molecule has 0 bridgehead atoms. The molecule has 1 heterocycles. The van der Waals surface area contributed by atoms with Crippen molar-refractivity contribution < 1.29 is 9.47 Å². The van der Waals surface area contributed by atoms with Crippen LogP contribution in [-0.4, -0.2) is 19.3 Å². The van der Waals surface area contributed by atoms with E-state index in [1.54, 1.807) is 11.3 Å². The SMILES string of the molecule is CC(C)OCCOCc1ccc(Br)s1. The second-order valence-electron chi connectivity index (χ2n) is 3.18. The van der Waals surface area contributed by atoms with Gasteiger partial charge in [-0.15, -0.1) is 11.3 Å². The molecule has 0 aliphatic heterocycles. The van der Waals surface area contributed by atoms with Crippen LogP contribution < -0.4 is 0 Å². The van der Waals surface area contributed by atoms with Gasteiger partial charge in [-0.3, -0.25) is 0 Å². The van der Waals surface area contributed by atoms with E-state index in [2.05, 4.69) is 22.0 Å². The topological polar surface area (TPSA) is 18.5 Å². The van der Waals surface area contributed by atoms with Crippen LogP contribution in [0.4, 0.5) is 0 Å². The van der Waals surface area contributed by atoms with Gasteiger partial charge in [0.05, 0.1) is 29.7 Å². The second-order valence-corrected chi connectivity index (χ2v) is 5.73. The molecule has 0 fully saturated rings. The van der Waals surface area contributed by atoms with E-state index in [4.69, 9.17) is 9.47 Å². The van der Waals surface area contributed by atoms with Gasteiger partial charge in [0.1, 0.15) is 0 Å². The Bertz CT molecular complexity index is 260. The Balaban J connectivity index is 2.04. The molecule has 0 saturated heterocycles. The minimum Gasteiger partial charge on any atom is -0.376 e. The number of thiophene rings is 1. The second kappa shape index (κ2) is 6.56. The number of halogens is 1. The van der Waals surface area contributed by atoms with E-state index in [1.165, 1.54) is 4.88 Å². The Kier molecular flexibility index (Phi) is 5.70. The molecule has 1 aromatic rings. The van der Waals surface area contributed by atoms with Gasteiger partial charge in [0.15, 0.2) is 0 Å². The maximum Gasteiger partial charge on any atom is 0.0810 e. The third-order valence-corrected chi connectivity index (χ3v) is 3.15. The number of rotatable bonds is 6. The monoisotopic (exact) mass is 278 g/mol. The average Bonchev–Trinajstić information content (AvgIpc) is 2.50. The highest BCUT2D eigenvalue weighted by molar-refractivity contribution is 9.11. The zero-order valence-corrected chi connectivity index (χ0v) is 10.9. The molecule has 0 aliphatic carbocycles. The zero-order chi connectivity index (χ0) is 10.4. The van der Waals surface area contributed by atoms with Crippen LogP contribution in [0.2, 0.25) is 0 Å². The van der Waals surface area contributed by atoms with Crippen LogP contribution in [0.15, 0.2) is 15.9 Å². The van der Waals surface area contributed by atoms with Gasteiger partial charge >= 0.3 is 0 Å². The Morgan fingerprint density at radius 2 is 2.14 bits per heavy atom. The Morgan fingerprint density at radius 3 is 2.71 bits per heavy atom. The average molecular weight is 279 g/mol. The molecule has 0 saturated carbocycles. The molecule has 0 atom stereocenters. The summed E-state index contributed by atoms with van der Waals surface area (Å²) >= 11 is 5.12. The van der Waals surface area contributed by atoms with E-state index in [0.29, 0.717) is 19.8 Å². The number of hydrogen-bond donors (Lipinski definition) is 0. The molecule has 0 N–H and O–H groups in total. The first kappa shape index (κ1) is 12.2. The molecule has 1 rings (SSSR count). The standard InChI is InChI=1S/C10H15BrO2S/c1-8(2)13-6-5-12-7-9-3-4-10(11)14-9/h3-4,8H,5-7H2,1-2H3. The zero-order valence-electron chi connectivity index (χ0n) is 8.46. The molecule has 80 valence electrons. The summed E-state index contributed by atoms with van der Waals surface area (Å²) in [7, 11) is 0. The molecular weight excluding hydrogens is 264 g/mol. The van der Waals surface area contributed by atoms with Gasteiger partial charge in [-0.2, -0.15) is 0 Å². The lowest BCUT2D eigenvalue weighted by atomic mass is 10.5. The highest BCUT2D eigenvalue weighted by Gasteiger charge is 1.98. The normalized spacial score (nSPS) is 11.1. The van der Waals surface area contributed by atoms with Crippen molar-refractivity contribution in [2.24, 2.45) is 0 Å². The quantitative estimate of drug-likeness (QED) is 0.742. The summed E-state index contributed by atoms with van der Waals surface area (Å²) in [5.41, 5.74) is 0. The smallest absolute Gasteiger partial charge is 0.0810 e. The van der Waals surface area contributed by atoms with Crippen LogP contribution in [0.5, 0.6) is 0 Å². The van der Waals surface area contributed by atoms with Crippen molar-refractivity contribution in [2.45, 2.75) is 26.6 Å². The van der Waals surface area contributed by atoms with Gasteiger partial charge in [0.2, 0.25) is 0 Å². The summed E-state index contributed by atoms with van der Waals surface area (Å²) in [6, 6.07) is 4.10. The molecule has 0 amide bonds. The van der Waals surface area contributed by atoms with Crippen molar-refractivity contribution in [1.82, 2.24) is 0 Å². The molecule has 1 aromatic heterocycles. The Labute approximate surface area is 97.4 Å². The minimum absolute atomic E-state index is 0.287. The van der Waals surface area contributed by atoms with E-state index in [9.17, 15) is 0 Å². The molecule has 4 heteroatoms. The highest BCUT2D eigenvalue weighted by Crippen LogP contribution is 2.22. The van der Waals surface area contributed by atoms with E-state index >= 15 is 0 Å². The Morgan fingerprint density at radius 1 is 1.36 bits per heavy atom. The van der Waals surface area contributed by atoms with Crippen LogP contribution in [-0.2, 0) is 16.1 Å². The molecule has 14 heavy (non-hydrogen) atoms. The first-order valence-corrected chi connectivity index (χ1v) is 6.23. The number of hydrogen-bond acceptors (Lipinski definition) is 3. The van der Waals surface area contributed by atoms with E-state index < -0.39 is 0 Å². The lowest BCUT2D eigenvalue weighted by Gasteiger charge is -2.07. The summed E-state index contributed by atoms with van der Waals surface area (Å²) < 4.78 is 11.9. The first-order valence-electron chi connectivity index (χ1n) is 4.62. The predicted molar refractivity (Wildman–Crippen MR) is 62.8 cm³/mol.